The molecule has 1 atom stereocenters. The highest BCUT2D eigenvalue weighted by atomic mass is 16.5. The quantitative estimate of drug-likeness (QED) is 0.483. The van der Waals surface area contributed by atoms with E-state index in [9.17, 15) is 14.4 Å². The summed E-state index contributed by atoms with van der Waals surface area (Å²) in [6, 6.07) is 25.6. The maximum atomic E-state index is 13.7. The number of ether oxygens (including phenoxy) is 1. The number of urea groups is 1. The van der Waals surface area contributed by atoms with Gasteiger partial charge in [-0.15, -0.1) is 0 Å². The lowest BCUT2D eigenvalue weighted by molar-refractivity contribution is -0.138. The average molecular weight is 472 g/mol. The molecular weight excluding hydrogens is 442 g/mol. The second kappa shape index (κ2) is 10.4. The van der Waals surface area contributed by atoms with E-state index in [0.29, 0.717) is 18.7 Å². The Labute approximate surface area is 205 Å². The van der Waals surface area contributed by atoms with Crippen LogP contribution in [0.4, 0.5) is 4.79 Å². The largest absolute Gasteiger partial charge is 0.494 e. The van der Waals surface area contributed by atoms with E-state index in [1.165, 1.54) is 4.90 Å². The lowest BCUT2D eigenvalue weighted by Gasteiger charge is -2.28. The van der Waals surface area contributed by atoms with Gasteiger partial charge in [-0.1, -0.05) is 72.8 Å². The third-order valence-electron chi connectivity index (χ3n) is 6.13. The summed E-state index contributed by atoms with van der Waals surface area (Å²) >= 11 is 0. The second-order valence-electron chi connectivity index (χ2n) is 8.58. The molecule has 0 spiro atoms. The molecule has 0 aliphatic carbocycles. The van der Waals surface area contributed by atoms with Crippen LogP contribution in [0.15, 0.2) is 84.9 Å². The minimum Gasteiger partial charge on any atom is -0.494 e. The van der Waals surface area contributed by atoms with E-state index in [0.717, 1.165) is 21.8 Å². The van der Waals surface area contributed by atoms with Gasteiger partial charge in [-0.05, 0) is 35.7 Å². The van der Waals surface area contributed by atoms with E-state index in [2.05, 4.69) is 5.32 Å². The Bertz CT molecular complexity index is 1180. The van der Waals surface area contributed by atoms with Crippen LogP contribution in [0.3, 0.4) is 0 Å². The number of nitrogens with zero attached hydrogens (tertiary/aromatic N) is 2. The highest BCUT2D eigenvalue weighted by molar-refractivity contribution is 6.09. The van der Waals surface area contributed by atoms with Crippen molar-refractivity contribution in [1.29, 1.82) is 0 Å². The summed E-state index contributed by atoms with van der Waals surface area (Å²) in [6.07, 6.45) is 0.287. The number of nitrogens with one attached hydrogen (secondary N) is 1. The van der Waals surface area contributed by atoms with E-state index in [1.807, 2.05) is 91.9 Å². The van der Waals surface area contributed by atoms with Crippen molar-refractivity contribution in [2.24, 2.45) is 0 Å². The number of hydrogen-bond acceptors (Lipinski definition) is 4. The van der Waals surface area contributed by atoms with Crippen LogP contribution in [0.25, 0.3) is 0 Å². The highest BCUT2D eigenvalue weighted by Gasteiger charge is 2.52. The monoisotopic (exact) mass is 471 g/mol. The Hall–Kier alpha value is -4.13. The number of rotatable bonds is 9. The summed E-state index contributed by atoms with van der Waals surface area (Å²) in [5.41, 5.74) is 1.24. The van der Waals surface area contributed by atoms with E-state index < -0.39 is 17.5 Å². The van der Waals surface area contributed by atoms with Gasteiger partial charge in [-0.25, -0.2) is 4.79 Å². The number of hydrogen-bond donors (Lipinski definition) is 1. The van der Waals surface area contributed by atoms with E-state index in [-0.39, 0.29) is 18.9 Å². The zero-order chi connectivity index (χ0) is 24.8. The van der Waals surface area contributed by atoms with Gasteiger partial charge < -0.3 is 15.0 Å². The summed E-state index contributed by atoms with van der Waals surface area (Å²) in [5, 5.41) is 2.90. The van der Waals surface area contributed by atoms with Crippen molar-refractivity contribution < 1.29 is 19.1 Å². The molecule has 1 saturated heterocycles. The van der Waals surface area contributed by atoms with Crippen LogP contribution in [0.1, 0.15) is 23.6 Å². The molecule has 1 aliphatic rings. The molecule has 35 heavy (non-hydrogen) atoms. The molecule has 7 heteroatoms. The van der Waals surface area contributed by atoms with Gasteiger partial charge in [0.2, 0.25) is 5.91 Å². The first-order valence-electron chi connectivity index (χ1n) is 11.6. The van der Waals surface area contributed by atoms with E-state index >= 15 is 0 Å². The van der Waals surface area contributed by atoms with Crippen LogP contribution >= 0.6 is 0 Å². The zero-order valence-corrected chi connectivity index (χ0v) is 19.9. The van der Waals surface area contributed by atoms with Crippen LogP contribution in [-0.2, 0) is 28.1 Å². The van der Waals surface area contributed by atoms with E-state index in [4.69, 9.17) is 4.74 Å². The Morgan fingerprint density at radius 1 is 0.914 bits per heavy atom. The normalized spacial score (nSPS) is 17.3. The maximum absolute atomic E-state index is 13.7. The number of imide groups is 1. The van der Waals surface area contributed by atoms with Crippen molar-refractivity contribution in [3.05, 3.63) is 102 Å². The number of carbonyl (C=O) groups excluding carboxylic acids is 3. The van der Waals surface area contributed by atoms with Gasteiger partial charge in [-0.3, -0.25) is 14.5 Å². The van der Waals surface area contributed by atoms with Crippen molar-refractivity contribution in [1.82, 2.24) is 15.1 Å². The van der Waals surface area contributed by atoms with Gasteiger partial charge in [-0.2, -0.15) is 0 Å². The minimum absolute atomic E-state index is 0.287. The number of amides is 4. The molecule has 3 aromatic carbocycles. The predicted molar refractivity (Wildman–Crippen MR) is 133 cm³/mol. The fourth-order valence-electron chi connectivity index (χ4n) is 4.29. The Morgan fingerprint density at radius 2 is 1.54 bits per heavy atom. The minimum atomic E-state index is -1.27. The molecule has 1 aliphatic heterocycles. The van der Waals surface area contributed by atoms with Crippen LogP contribution in [-0.4, -0.2) is 47.8 Å². The van der Waals surface area contributed by atoms with Crippen LogP contribution in [0.5, 0.6) is 5.75 Å². The summed E-state index contributed by atoms with van der Waals surface area (Å²) in [6.45, 7) is 2.52. The maximum Gasteiger partial charge on any atom is 0.325 e. The molecule has 0 saturated carbocycles. The Balaban J connectivity index is 1.51. The SMILES string of the molecule is CCOc1ccc(CN(C)C(=O)CN2C(=O)NC(Cc3ccccc3)(c3ccccc3)C2=O)cc1. The third-order valence-corrected chi connectivity index (χ3v) is 6.13. The first-order valence-corrected chi connectivity index (χ1v) is 11.6. The van der Waals surface area contributed by atoms with Gasteiger partial charge in [0, 0.05) is 20.0 Å². The van der Waals surface area contributed by atoms with Crippen LogP contribution in [0, 0.1) is 0 Å². The van der Waals surface area contributed by atoms with Crippen molar-refractivity contribution in [2.75, 3.05) is 20.2 Å². The molecule has 1 fully saturated rings. The predicted octanol–water partition coefficient (Wildman–Crippen LogP) is 3.73. The van der Waals surface area contributed by atoms with Gasteiger partial charge in [0.1, 0.15) is 12.3 Å². The third kappa shape index (κ3) is 5.19. The number of benzene rings is 3. The van der Waals surface area contributed by atoms with Crippen LogP contribution in [0.2, 0.25) is 0 Å². The van der Waals surface area contributed by atoms with Gasteiger partial charge in [0.25, 0.3) is 5.91 Å². The van der Waals surface area contributed by atoms with Crippen molar-refractivity contribution in [2.45, 2.75) is 25.4 Å². The molecule has 0 bridgehead atoms. The molecular formula is C28H29N3O4. The Morgan fingerprint density at radius 3 is 2.17 bits per heavy atom. The molecule has 0 aromatic heterocycles. The average Bonchev–Trinajstić information content (AvgIpc) is 3.11. The van der Waals surface area contributed by atoms with Gasteiger partial charge >= 0.3 is 6.03 Å². The lowest BCUT2D eigenvalue weighted by Crippen LogP contribution is -2.47. The van der Waals surface area contributed by atoms with E-state index in [1.54, 1.807) is 7.05 Å². The fraction of sp³-hybridized carbons (Fsp3) is 0.250. The zero-order valence-electron chi connectivity index (χ0n) is 19.9. The number of carbonyl (C=O) groups is 3. The topological polar surface area (TPSA) is 79.0 Å². The molecule has 1 heterocycles. The second-order valence-corrected chi connectivity index (χ2v) is 8.58. The lowest BCUT2D eigenvalue weighted by atomic mass is 9.83. The Kier molecular flexibility index (Phi) is 7.15. The molecule has 1 N–H and O–H groups in total. The summed E-state index contributed by atoms with van der Waals surface area (Å²) in [5.74, 6) is 0.00607. The standard InChI is InChI=1S/C28H29N3O4/c1-3-35-24-16-14-22(15-17-24)19-30(2)25(32)20-31-26(33)28(29-27(31)34,23-12-8-5-9-13-23)18-21-10-6-4-7-11-21/h4-17H,3,18-20H2,1-2H3,(H,29,34). The summed E-state index contributed by atoms with van der Waals surface area (Å²) in [7, 11) is 1.66. The summed E-state index contributed by atoms with van der Waals surface area (Å²) < 4.78 is 5.45. The molecule has 0 radical (unpaired) electrons. The van der Waals surface area contributed by atoms with Crippen molar-refractivity contribution in [3.8, 4) is 5.75 Å². The summed E-state index contributed by atoms with van der Waals surface area (Å²) in [4.78, 5) is 42.2. The molecule has 1 unspecified atom stereocenters. The first kappa shape index (κ1) is 24.0. The molecule has 7 nitrogen and oxygen atoms in total. The molecule has 3 aromatic rings. The fourth-order valence-corrected chi connectivity index (χ4v) is 4.29. The van der Waals surface area contributed by atoms with Crippen molar-refractivity contribution in [3.63, 3.8) is 0 Å². The highest BCUT2D eigenvalue weighted by Crippen LogP contribution is 2.33. The van der Waals surface area contributed by atoms with Crippen molar-refractivity contribution >= 4 is 17.8 Å². The molecule has 180 valence electrons. The molecule has 4 amide bonds. The first-order chi connectivity index (χ1) is 16.9. The van der Waals surface area contributed by atoms with Gasteiger partial charge in [0.05, 0.1) is 6.61 Å². The number of likely N-dealkylation sites (N-methyl/N-ethyl adjacent to an activating group) is 1. The van der Waals surface area contributed by atoms with Gasteiger partial charge in [0.15, 0.2) is 5.54 Å². The molecule has 4 rings (SSSR count). The smallest absolute Gasteiger partial charge is 0.325 e. The van der Waals surface area contributed by atoms with Crippen LogP contribution < -0.4 is 10.1 Å².